The van der Waals surface area contributed by atoms with Crippen molar-refractivity contribution in [1.29, 1.82) is 0 Å². The highest BCUT2D eigenvalue weighted by Gasteiger charge is 2.12. The van der Waals surface area contributed by atoms with Gasteiger partial charge in [-0.25, -0.2) is 4.98 Å². The molecule has 0 bridgehead atoms. The van der Waals surface area contributed by atoms with E-state index in [4.69, 9.17) is 14.5 Å². The van der Waals surface area contributed by atoms with Gasteiger partial charge in [0.2, 0.25) is 0 Å². The van der Waals surface area contributed by atoms with E-state index in [0.717, 1.165) is 35.6 Å². The zero-order chi connectivity index (χ0) is 22.2. The number of fused-ring (bicyclic) bond motifs is 1. The molecule has 0 aliphatic rings. The second kappa shape index (κ2) is 10.5. The Hall–Kier alpha value is -3.80. The van der Waals surface area contributed by atoms with E-state index in [0.29, 0.717) is 18.9 Å². The van der Waals surface area contributed by atoms with Gasteiger partial charge in [0.15, 0.2) is 6.61 Å². The summed E-state index contributed by atoms with van der Waals surface area (Å²) in [5, 5.41) is 2.93. The van der Waals surface area contributed by atoms with Gasteiger partial charge in [-0.05, 0) is 55.3 Å². The number of hydrogen-bond acceptors (Lipinski definition) is 4. The number of nitrogens with zero attached hydrogens (tertiary/aromatic N) is 2. The molecule has 6 nitrogen and oxygen atoms in total. The first-order valence-corrected chi connectivity index (χ1v) is 10.8. The Morgan fingerprint density at radius 2 is 1.59 bits per heavy atom. The van der Waals surface area contributed by atoms with E-state index >= 15 is 0 Å². The maximum absolute atomic E-state index is 12.4. The van der Waals surface area contributed by atoms with E-state index in [1.807, 2.05) is 55.5 Å². The first-order chi connectivity index (χ1) is 15.7. The summed E-state index contributed by atoms with van der Waals surface area (Å²) >= 11 is 0. The van der Waals surface area contributed by atoms with E-state index in [1.54, 1.807) is 12.1 Å². The molecule has 4 aromatic rings. The van der Waals surface area contributed by atoms with Gasteiger partial charge in [-0.15, -0.1) is 0 Å². The number of amides is 1. The van der Waals surface area contributed by atoms with Crippen LogP contribution in [0.5, 0.6) is 11.5 Å². The maximum atomic E-state index is 12.4. The van der Waals surface area contributed by atoms with Crippen LogP contribution in [0, 0.1) is 0 Å². The van der Waals surface area contributed by atoms with Crippen molar-refractivity contribution in [3.63, 3.8) is 0 Å². The van der Waals surface area contributed by atoms with E-state index in [9.17, 15) is 4.79 Å². The molecule has 1 amide bonds. The first-order valence-electron chi connectivity index (χ1n) is 10.8. The molecule has 0 atom stereocenters. The van der Waals surface area contributed by atoms with Crippen LogP contribution >= 0.6 is 0 Å². The Kier molecular flexibility index (Phi) is 7.02. The largest absolute Gasteiger partial charge is 0.494 e. The van der Waals surface area contributed by atoms with Crippen molar-refractivity contribution in [1.82, 2.24) is 14.9 Å². The molecule has 0 spiro atoms. The number of ether oxygens (including phenoxy) is 2. The quantitative estimate of drug-likeness (QED) is 0.407. The molecule has 0 aliphatic carbocycles. The molecule has 0 aliphatic heterocycles. The van der Waals surface area contributed by atoms with Crippen LogP contribution in [-0.4, -0.2) is 28.7 Å². The van der Waals surface area contributed by atoms with Gasteiger partial charge < -0.3 is 19.4 Å². The minimum absolute atomic E-state index is 0.0573. The summed E-state index contributed by atoms with van der Waals surface area (Å²) in [4.78, 5) is 17.1. The lowest BCUT2D eigenvalue weighted by molar-refractivity contribution is -0.123. The molecule has 4 rings (SSSR count). The van der Waals surface area contributed by atoms with Gasteiger partial charge in [-0.3, -0.25) is 4.79 Å². The number of aromatic nitrogens is 2. The molecular weight excluding hydrogens is 402 g/mol. The van der Waals surface area contributed by atoms with Crippen molar-refractivity contribution in [3.8, 4) is 11.5 Å². The van der Waals surface area contributed by atoms with Crippen LogP contribution in [0.25, 0.3) is 11.0 Å². The molecule has 1 aromatic heterocycles. The highest BCUT2D eigenvalue weighted by atomic mass is 16.5. The molecular formula is C26H27N3O3. The Labute approximate surface area is 187 Å². The fourth-order valence-electron chi connectivity index (χ4n) is 3.57. The number of imidazole rings is 1. The molecule has 32 heavy (non-hydrogen) atoms. The average molecular weight is 430 g/mol. The first kappa shape index (κ1) is 21.4. The molecule has 164 valence electrons. The van der Waals surface area contributed by atoms with Crippen molar-refractivity contribution in [2.45, 2.75) is 26.4 Å². The lowest BCUT2D eigenvalue weighted by atomic mass is 10.1. The summed E-state index contributed by atoms with van der Waals surface area (Å²) in [6.45, 7) is 3.62. The summed E-state index contributed by atoms with van der Waals surface area (Å²) in [6.07, 6.45) is 0.892. The smallest absolute Gasteiger partial charge is 0.258 e. The van der Waals surface area contributed by atoms with Gasteiger partial charge in [0, 0.05) is 6.54 Å². The fraction of sp³-hybridized carbons (Fsp3) is 0.231. The van der Waals surface area contributed by atoms with E-state index in [1.165, 1.54) is 5.56 Å². The Bertz CT molecular complexity index is 1150. The van der Waals surface area contributed by atoms with Gasteiger partial charge in [-0.2, -0.15) is 0 Å². The number of para-hydroxylation sites is 2. The van der Waals surface area contributed by atoms with Crippen LogP contribution in [0.4, 0.5) is 0 Å². The van der Waals surface area contributed by atoms with Crippen LogP contribution in [-0.2, 0) is 24.3 Å². The van der Waals surface area contributed by atoms with Gasteiger partial charge in [0.25, 0.3) is 5.91 Å². The lowest BCUT2D eigenvalue weighted by Gasteiger charge is -2.11. The molecule has 0 unspecified atom stereocenters. The molecule has 0 saturated carbocycles. The SMILES string of the molecule is CCOc1ccc(OCC(=O)NCc2nc3ccccc3n2CCc2ccccc2)cc1. The summed E-state index contributed by atoms with van der Waals surface area (Å²) < 4.78 is 13.2. The van der Waals surface area contributed by atoms with Crippen LogP contribution < -0.4 is 14.8 Å². The summed E-state index contributed by atoms with van der Waals surface area (Å²) in [5.74, 6) is 2.04. The van der Waals surface area contributed by atoms with Gasteiger partial charge in [-0.1, -0.05) is 42.5 Å². The molecule has 0 fully saturated rings. The third-order valence-electron chi connectivity index (χ3n) is 5.15. The van der Waals surface area contributed by atoms with Crippen LogP contribution in [0.1, 0.15) is 18.3 Å². The van der Waals surface area contributed by atoms with Crippen molar-refractivity contribution in [2.75, 3.05) is 13.2 Å². The zero-order valence-electron chi connectivity index (χ0n) is 18.2. The molecule has 3 aromatic carbocycles. The fourth-order valence-corrected chi connectivity index (χ4v) is 3.57. The topological polar surface area (TPSA) is 65.4 Å². The summed E-state index contributed by atoms with van der Waals surface area (Å²) in [5.41, 5.74) is 3.26. The third kappa shape index (κ3) is 5.46. The molecule has 1 N–H and O–H groups in total. The van der Waals surface area contributed by atoms with Crippen molar-refractivity contribution >= 4 is 16.9 Å². The number of benzene rings is 3. The van der Waals surface area contributed by atoms with E-state index in [-0.39, 0.29) is 12.5 Å². The molecule has 6 heteroatoms. The van der Waals surface area contributed by atoms with E-state index < -0.39 is 0 Å². The second-order valence-corrected chi connectivity index (χ2v) is 7.37. The summed E-state index contributed by atoms with van der Waals surface area (Å²) in [7, 11) is 0. The number of aryl methyl sites for hydroxylation is 2. The standard InChI is InChI=1S/C26H27N3O3/c1-2-31-21-12-14-22(15-13-21)32-19-26(30)27-18-25-28-23-10-6-7-11-24(23)29(25)17-16-20-8-4-3-5-9-20/h3-15H,2,16-19H2,1H3,(H,27,30). The Morgan fingerprint density at radius 1 is 0.906 bits per heavy atom. The number of rotatable bonds is 10. The van der Waals surface area contributed by atoms with Crippen LogP contribution in [0.2, 0.25) is 0 Å². The average Bonchev–Trinajstić information content (AvgIpc) is 3.19. The summed E-state index contributed by atoms with van der Waals surface area (Å²) in [6, 6.07) is 25.6. The Morgan fingerprint density at radius 3 is 2.34 bits per heavy atom. The van der Waals surface area contributed by atoms with Gasteiger partial charge in [0.05, 0.1) is 24.2 Å². The predicted molar refractivity (Wildman–Crippen MR) is 125 cm³/mol. The predicted octanol–water partition coefficient (Wildman–Crippen LogP) is 4.37. The molecule has 1 heterocycles. The minimum Gasteiger partial charge on any atom is -0.494 e. The third-order valence-corrected chi connectivity index (χ3v) is 5.15. The number of hydrogen-bond donors (Lipinski definition) is 1. The van der Waals surface area contributed by atoms with Gasteiger partial charge in [0.1, 0.15) is 17.3 Å². The Balaban J connectivity index is 1.37. The highest BCUT2D eigenvalue weighted by Crippen LogP contribution is 2.18. The van der Waals surface area contributed by atoms with Crippen LogP contribution in [0.15, 0.2) is 78.9 Å². The zero-order valence-corrected chi connectivity index (χ0v) is 18.2. The molecule has 0 radical (unpaired) electrons. The van der Waals surface area contributed by atoms with Crippen molar-refractivity contribution in [3.05, 3.63) is 90.3 Å². The second-order valence-electron chi connectivity index (χ2n) is 7.37. The van der Waals surface area contributed by atoms with Crippen molar-refractivity contribution in [2.24, 2.45) is 0 Å². The minimum atomic E-state index is -0.194. The molecule has 0 saturated heterocycles. The van der Waals surface area contributed by atoms with Crippen LogP contribution in [0.3, 0.4) is 0 Å². The van der Waals surface area contributed by atoms with E-state index in [2.05, 4.69) is 28.1 Å². The highest BCUT2D eigenvalue weighted by molar-refractivity contribution is 5.78. The van der Waals surface area contributed by atoms with Crippen molar-refractivity contribution < 1.29 is 14.3 Å². The lowest BCUT2D eigenvalue weighted by Crippen LogP contribution is -2.29. The monoisotopic (exact) mass is 429 g/mol. The normalized spacial score (nSPS) is 10.8. The van der Waals surface area contributed by atoms with Gasteiger partial charge >= 0.3 is 0 Å². The number of carbonyl (C=O) groups excluding carboxylic acids is 1. The maximum Gasteiger partial charge on any atom is 0.258 e. The number of nitrogens with one attached hydrogen (secondary N) is 1. The number of carbonyl (C=O) groups is 1.